The van der Waals surface area contributed by atoms with Crippen LogP contribution in [0.25, 0.3) is 0 Å². The Labute approximate surface area is 135 Å². The Kier molecular flexibility index (Phi) is 5.49. The fraction of sp³-hybridized carbons (Fsp3) is 0.467. The molecule has 0 bridgehead atoms. The lowest BCUT2D eigenvalue weighted by Gasteiger charge is -2.17. The lowest BCUT2D eigenvalue weighted by Crippen LogP contribution is -2.43. The molecule has 1 saturated heterocycles. The maximum absolute atomic E-state index is 12.0. The van der Waals surface area contributed by atoms with Gasteiger partial charge in [-0.3, -0.25) is 0 Å². The van der Waals surface area contributed by atoms with Crippen LogP contribution in [0.5, 0.6) is 0 Å². The number of carbonyl (C=O) groups is 2. The molecule has 2 rings (SSSR count). The van der Waals surface area contributed by atoms with Crippen molar-refractivity contribution in [3.8, 4) is 0 Å². The van der Waals surface area contributed by atoms with E-state index in [4.69, 9.17) is 11.6 Å². The van der Waals surface area contributed by atoms with E-state index >= 15 is 0 Å². The zero-order valence-electron chi connectivity index (χ0n) is 12.8. The third-order valence-electron chi connectivity index (χ3n) is 3.58. The van der Waals surface area contributed by atoms with Crippen molar-refractivity contribution < 1.29 is 9.59 Å². The molecule has 6 nitrogen and oxygen atoms in total. The largest absolute Gasteiger partial charge is 0.338 e. The lowest BCUT2D eigenvalue weighted by atomic mass is 10.2. The van der Waals surface area contributed by atoms with Crippen LogP contribution in [0.4, 0.5) is 15.3 Å². The van der Waals surface area contributed by atoms with Crippen LogP contribution in [-0.4, -0.2) is 42.6 Å². The minimum absolute atomic E-state index is 0.0498. The first-order valence-electron chi connectivity index (χ1n) is 7.36. The number of rotatable bonds is 3. The Morgan fingerprint density at radius 1 is 1.41 bits per heavy atom. The van der Waals surface area contributed by atoms with Gasteiger partial charge in [-0.1, -0.05) is 23.7 Å². The maximum atomic E-state index is 12.0. The van der Waals surface area contributed by atoms with Crippen molar-refractivity contribution in [3.05, 3.63) is 28.8 Å². The van der Waals surface area contributed by atoms with E-state index in [1.807, 2.05) is 26.0 Å². The molecule has 1 aromatic carbocycles. The predicted octanol–water partition coefficient (Wildman–Crippen LogP) is 2.57. The number of halogens is 1. The van der Waals surface area contributed by atoms with Crippen LogP contribution >= 0.6 is 11.6 Å². The number of likely N-dealkylation sites (tertiary alicyclic amines) is 1. The van der Waals surface area contributed by atoms with Gasteiger partial charge in [0.05, 0.1) is 10.7 Å². The van der Waals surface area contributed by atoms with Crippen molar-refractivity contribution in [1.82, 2.24) is 15.5 Å². The van der Waals surface area contributed by atoms with Crippen molar-refractivity contribution in [2.24, 2.45) is 0 Å². The molecule has 22 heavy (non-hydrogen) atoms. The molecule has 1 aromatic rings. The minimum Gasteiger partial charge on any atom is -0.338 e. The number of hydrogen-bond donors (Lipinski definition) is 3. The van der Waals surface area contributed by atoms with E-state index < -0.39 is 0 Å². The Morgan fingerprint density at radius 2 is 2.18 bits per heavy atom. The van der Waals surface area contributed by atoms with E-state index in [1.54, 1.807) is 11.0 Å². The van der Waals surface area contributed by atoms with Crippen LogP contribution in [0.2, 0.25) is 5.02 Å². The van der Waals surface area contributed by atoms with Crippen LogP contribution in [0, 0.1) is 6.92 Å². The second-order valence-electron chi connectivity index (χ2n) is 5.30. The number of anilines is 1. The summed E-state index contributed by atoms with van der Waals surface area (Å²) >= 11 is 6.15. The van der Waals surface area contributed by atoms with E-state index in [0.29, 0.717) is 30.3 Å². The van der Waals surface area contributed by atoms with E-state index in [-0.39, 0.29) is 18.1 Å². The van der Waals surface area contributed by atoms with Crippen molar-refractivity contribution in [3.63, 3.8) is 0 Å². The van der Waals surface area contributed by atoms with Crippen molar-refractivity contribution in [2.75, 3.05) is 25.0 Å². The summed E-state index contributed by atoms with van der Waals surface area (Å²) in [6.45, 7) is 5.51. The molecule has 1 heterocycles. The van der Waals surface area contributed by atoms with Gasteiger partial charge in [0.1, 0.15) is 0 Å². The normalized spacial score (nSPS) is 17.2. The van der Waals surface area contributed by atoms with Crippen LogP contribution in [-0.2, 0) is 0 Å². The quantitative estimate of drug-likeness (QED) is 0.799. The molecule has 1 aliphatic heterocycles. The zero-order chi connectivity index (χ0) is 16.1. The second kappa shape index (κ2) is 7.35. The highest BCUT2D eigenvalue weighted by Gasteiger charge is 2.27. The smallest absolute Gasteiger partial charge is 0.319 e. The first-order chi connectivity index (χ1) is 10.5. The third-order valence-corrected chi connectivity index (χ3v) is 4.08. The number of amides is 4. The van der Waals surface area contributed by atoms with Crippen molar-refractivity contribution in [1.29, 1.82) is 0 Å². The molecule has 0 radical (unpaired) electrons. The Bertz CT molecular complexity index is 564. The molecular weight excluding hydrogens is 304 g/mol. The number of nitrogens with zero attached hydrogens (tertiary/aromatic N) is 1. The summed E-state index contributed by atoms with van der Waals surface area (Å²) in [5.41, 5.74) is 1.49. The van der Waals surface area contributed by atoms with E-state index in [0.717, 1.165) is 12.0 Å². The zero-order valence-corrected chi connectivity index (χ0v) is 13.5. The Hall–Kier alpha value is -1.95. The molecule has 3 N–H and O–H groups in total. The number of hydrogen-bond acceptors (Lipinski definition) is 2. The number of nitrogens with one attached hydrogen (secondary N) is 3. The first kappa shape index (κ1) is 16.4. The van der Waals surface area contributed by atoms with Crippen molar-refractivity contribution in [2.45, 2.75) is 26.3 Å². The van der Waals surface area contributed by atoms with Gasteiger partial charge in [-0.25, -0.2) is 9.59 Å². The third kappa shape index (κ3) is 4.04. The molecular formula is C15H21ClN4O2. The van der Waals surface area contributed by atoms with Gasteiger partial charge in [0.15, 0.2) is 0 Å². The monoisotopic (exact) mass is 324 g/mol. The predicted molar refractivity (Wildman–Crippen MR) is 87.4 cm³/mol. The summed E-state index contributed by atoms with van der Waals surface area (Å²) in [7, 11) is 0. The molecule has 4 amide bonds. The topological polar surface area (TPSA) is 73.5 Å². The van der Waals surface area contributed by atoms with Gasteiger partial charge < -0.3 is 20.9 Å². The number of benzene rings is 1. The van der Waals surface area contributed by atoms with Gasteiger partial charge >= 0.3 is 12.1 Å². The van der Waals surface area contributed by atoms with E-state index in [1.165, 1.54) is 0 Å². The number of aryl methyl sites for hydroxylation is 1. The summed E-state index contributed by atoms with van der Waals surface area (Å²) in [4.78, 5) is 25.5. The van der Waals surface area contributed by atoms with Gasteiger partial charge in [-0.05, 0) is 31.9 Å². The minimum atomic E-state index is -0.310. The fourth-order valence-corrected chi connectivity index (χ4v) is 2.59. The molecule has 1 atom stereocenters. The summed E-state index contributed by atoms with van der Waals surface area (Å²) in [6.07, 6.45) is 0.742. The van der Waals surface area contributed by atoms with Gasteiger partial charge in [0.25, 0.3) is 0 Å². The highest BCUT2D eigenvalue weighted by Crippen LogP contribution is 2.25. The summed E-state index contributed by atoms with van der Waals surface area (Å²) in [6, 6.07) is 5.02. The molecule has 1 fully saturated rings. The SMILES string of the molecule is CCNC(=O)N1CC[C@H](NC(=O)Nc2cccc(C)c2Cl)C1. The van der Waals surface area contributed by atoms with Crippen LogP contribution in [0.3, 0.4) is 0 Å². The summed E-state index contributed by atoms with van der Waals surface area (Å²) < 4.78 is 0. The van der Waals surface area contributed by atoms with E-state index in [2.05, 4.69) is 16.0 Å². The average molecular weight is 325 g/mol. The van der Waals surface area contributed by atoms with Gasteiger partial charge in [0.2, 0.25) is 0 Å². The molecule has 0 saturated carbocycles. The second-order valence-corrected chi connectivity index (χ2v) is 5.68. The standard InChI is InChI=1S/C15H21ClN4O2/c1-3-17-15(22)20-8-7-11(9-20)18-14(21)19-12-6-4-5-10(2)13(12)16/h4-6,11H,3,7-9H2,1-2H3,(H,17,22)(H2,18,19,21)/t11-/m0/s1. The lowest BCUT2D eigenvalue weighted by molar-refractivity contribution is 0.208. The van der Waals surface area contributed by atoms with Crippen LogP contribution in [0.1, 0.15) is 18.9 Å². The van der Waals surface area contributed by atoms with Gasteiger partial charge in [0, 0.05) is 25.7 Å². The van der Waals surface area contributed by atoms with Gasteiger partial charge in [-0.15, -0.1) is 0 Å². The Balaban J connectivity index is 1.86. The highest BCUT2D eigenvalue weighted by molar-refractivity contribution is 6.34. The number of urea groups is 2. The molecule has 120 valence electrons. The molecule has 0 spiro atoms. The Morgan fingerprint density at radius 3 is 2.91 bits per heavy atom. The highest BCUT2D eigenvalue weighted by atomic mass is 35.5. The summed E-state index contributed by atoms with van der Waals surface area (Å²) in [5, 5.41) is 8.91. The van der Waals surface area contributed by atoms with Crippen LogP contribution in [0.15, 0.2) is 18.2 Å². The molecule has 1 aliphatic rings. The molecule has 7 heteroatoms. The maximum Gasteiger partial charge on any atom is 0.319 e. The molecule has 0 aromatic heterocycles. The first-order valence-corrected chi connectivity index (χ1v) is 7.74. The molecule has 0 unspecified atom stereocenters. The fourth-order valence-electron chi connectivity index (χ4n) is 2.41. The molecule has 0 aliphatic carbocycles. The summed E-state index contributed by atoms with van der Waals surface area (Å²) in [5.74, 6) is 0. The van der Waals surface area contributed by atoms with Crippen LogP contribution < -0.4 is 16.0 Å². The van der Waals surface area contributed by atoms with Crippen molar-refractivity contribution >= 4 is 29.4 Å². The number of carbonyl (C=O) groups excluding carboxylic acids is 2. The van der Waals surface area contributed by atoms with E-state index in [9.17, 15) is 9.59 Å². The van der Waals surface area contributed by atoms with Gasteiger partial charge in [-0.2, -0.15) is 0 Å². The average Bonchev–Trinajstić information content (AvgIpc) is 2.92.